The van der Waals surface area contributed by atoms with Crippen LogP contribution in [-0.2, 0) is 19.3 Å². The van der Waals surface area contributed by atoms with Crippen LogP contribution in [0.15, 0.2) is 53.0 Å². The van der Waals surface area contributed by atoms with Gasteiger partial charge in [-0.15, -0.1) is 0 Å². The molecule has 2 aromatic carbocycles. The van der Waals surface area contributed by atoms with E-state index in [-0.39, 0.29) is 0 Å². The second-order valence-electron chi connectivity index (χ2n) is 6.19. The molecule has 0 unspecified atom stereocenters. The number of benzene rings is 2. The van der Waals surface area contributed by atoms with Gasteiger partial charge in [0.15, 0.2) is 0 Å². The molecule has 0 aliphatic carbocycles. The average molecular weight is 398 g/mol. The maximum absolute atomic E-state index is 5.23. The van der Waals surface area contributed by atoms with E-state index in [9.17, 15) is 0 Å². The number of rotatable bonds is 5. The van der Waals surface area contributed by atoms with Crippen molar-refractivity contribution in [2.45, 2.75) is 19.3 Å². The molecule has 5 heteroatoms. The lowest BCUT2D eigenvalue weighted by molar-refractivity contribution is 0.414. The molecule has 128 valence electrons. The van der Waals surface area contributed by atoms with Gasteiger partial charge in [-0.25, -0.2) is 4.68 Å². The first-order valence-electron chi connectivity index (χ1n) is 8.48. The number of aromatic nitrogens is 2. The van der Waals surface area contributed by atoms with Gasteiger partial charge in [0.1, 0.15) is 11.6 Å². The molecule has 0 saturated carbocycles. The summed E-state index contributed by atoms with van der Waals surface area (Å²) in [5.74, 6) is 2.04. The molecule has 1 aliphatic heterocycles. The molecule has 0 fully saturated rings. The van der Waals surface area contributed by atoms with Crippen molar-refractivity contribution in [3.8, 4) is 11.4 Å². The SMILES string of the molecule is COc1ccc(CCc2nn(-c3cccc(Br)c3)c3c2CCN3)cc1. The van der Waals surface area contributed by atoms with Gasteiger partial charge < -0.3 is 10.1 Å². The number of halogens is 1. The Balaban J connectivity index is 1.59. The first kappa shape index (κ1) is 16.2. The van der Waals surface area contributed by atoms with E-state index >= 15 is 0 Å². The maximum Gasteiger partial charge on any atom is 0.133 e. The van der Waals surface area contributed by atoms with Crippen LogP contribution in [0.3, 0.4) is 0 Å². The van der Waals surface area contributed by atoms with E-state index in [0.717, 1.165) is 47.5 Å². The molecule has 4 rings (SSSR count). The molecular weight excluding hydrogens is 378 g/mol. The fraction of sp³-hybridized carbons (Fsp3) is 0.250. The minimum Gasteiger partial charge on any atom is -0.497 e. The van der Waals surface area contributed by atoms with Crippen molar-refractivity contribution < 1.29 is 4.74 Å². The van der Waals surface area contributed by atoms with Crippen LogP contribution in [0.25, 0.3) is 5.69 Å². The molecule has 3 aromatic rings. The van der Waals surface area contributed by atoms with E-state index < -0.39 is 0 Å². The van der Waals surface area contributed by atoms with Gasteiger partial charge in [-0.1, -0.05) is 34.1 Å². The van der Waals surface area contributed by atoms with Crippen molar-refractivity contribution in [1.29, 1.82) is 0 Å². The Hall–Kier alpha value is -2.27. The van der Waals surface area contributed by atoms with Crippen molar-refractivity contribution in [3.63, 3.8) is 0 Å². The molecule has 25 heavy (non-hydrogen) atoms. The standard InChI is InChI=1S/C20H20BrN3O/c1-25-17-8-5-14(6-9-17)7-10-19-18-11-12-22-20(18)24(23-19)16-4-2-3-15(21)13-16/h2-6,8-9,13,22H,7,10-12H2,1H3. The zero-order chi connectivity index (χ0) is 17.2. The van der Waals surface area contributed by atoms with Crippen LogP contribution in [0.1, 0.15) is 16.8 Å². The highest BCUT2D eigenvalue weighted by atomic mass is 79.9. The highest BCUT2D eigenvalue weighted by Gasteiger charge is 2.22. The molecule has 0 bridgehead atoms. The second-order valence-corrected chi connectivity index (χ2v) is 7.11. The van der Waals surface area contributed by atoms with Crippen LogP contribution in [0.2, 0.25) is 0 Å². The second kappa shape index (κ2) is 6.92. The zero-order valence-electron chi connectivity index (χ0n) is 14.1. The van der Waals surface area contributed by atoms with Crippen molar-refractivity contribution in [2.24, 2.45) is 0 Å². The Morgan fingerprint density at radius 3 is 2.76 bits per heavy atom. The number of methoxy groups -OCH3 is 1. The third kappa shape index (κ3) is 3.29. The fourth-order valence-corrected chi connectivity index (χ4v) is 3.68. The number of fused-ring (bicyclic) bond motifs is 1. The summed E-state index contributed by atoms with van der Waals surface area (Å²) in [5, 5.41) is 8.39. The van der Waals surface area contributed by atoms with E-state index in [4.69, 9.17) is 9.84 Å². The van der Waals surface area contributed by atoms with Gasteiger partial charge in [-0.2, -0.15) is 5.10 Å². The summed E-state index contributed by atoms with van der Waals surface area (Å²) in [5.41, 5.74) is 4.93. The van der Waals surface area contributed by atoms with Crippen molar-refractivity contribution in [2.75, 3.05) is 19.0 Å². The van der Waals surface area contributed by atoms with Gasteiger partial charge in [-0.3, -0.25) is 0 Å². The third-order valence-corrected chi connectivity index (χ3v) is 5.09. The molecule has 4 nitrogen and oxygen atoms in total. The predicted octanol–water partition coefficient (Wildman–Crippen LogP) is 4.40. The van der Waals surface area contributed by atoms with Gasteiger partial charge in [0.2, 0.25) is 0 Å². The first-order chi connectivity index (χ1) is 12.2. The maximum atomic E-state index is 5.23. The van der Waals surface area contributed by atoms with Crippen LogP contribution in [-0.4, -0.2) is 23.4 Å². The molecule has 0 saturated heterocycles. The van der Waals surface area contributed by atoms with Gasteiger partial charge in [0.25, 0.3) is 0 Å². The molecule has 0 atom stereocenters. The topological polar surface area (TPSA) is 39.1 Å². The zero-order valence-corrected chi connectivity index (χ0v) is 15.7. The summed E-state index contributed by atoms with van der Waals surface area (Å²) in [6.45, 7) is 0.983. The number of hydrogen-bond acceptors (Lipinski definition) is 3. The van der Waals surface area contributed by atoms with Gasteiger partial charge in [-0.05, 0) is 55.2 Å². The number of ether oxygens (including phenoxy) is 1. The van der Waals surface area contributed by atoms with Gasteiger partial charge >= 0.3 is 0 Å². The van der Waals surface area contributed by atoms with Crippen molar-refractivity contribution >= 4 is 21.7 Å². The highest BCUT2D eigenvalue weighted by molar-refractivity contribution is 9.10. The van der Waals surface area contributed by atoms with Gasteiger partial charge in [0.05, 0.1) is 18.5 Å². The lowest BCUT2D eigenvalue weighted by Gasteiger charge is -2.06. The lowest BCUT2D eigenvalue weighted by atomic mass is 10.1. The molecule has 1 aliphatic rings. The average Bonchev–Trinajstić information content (AvgIpc) is 3.23. The minimum absolute atomic E-state index is 0.896. The third-order valence-electron chi connectivity index (χ3n) is 4.60. The number of anilines is 1. The van der Waals surface area contributed by atoms with E-state index in [2.05, 4.69) is 45.5 Å². The van der Waals surface area contributed by atoms with E-state index in [1.54, 1.807) is 7.11 Å². The van der Waals surface area contributed by atoms with Crippen molar-refractivity contribution in [1.82, 2.24) is 9.78 Å². The molecular formula is C20H20BrN3O. The van der Waals surface area contributed by atoms with Crippen LogP contribution >= 0.6 is 15.9 Å². The van der Waals surface area contributed by atoms with Crippen LogP contribution in [0.5, 0.6) is 5.75 Å². The van der Waals surface area contributed by atoms with Crippen LogP contribution < -0.4 is 10.1 Å². The quantitative estimate of drug-likeness (QED) is 0.693. The fourth-order valence-electron chi connectivity index (χ4n) is 3.30. The molecule has 0 radical (unpaired) electrons. The van der Waals surface area contributed by atoms with Crippen LogP contribution in [0, 0.1) is 0 Å². The Morgan fingerprint density at radius 1 is 1.16 bits per heavy atom. The molecule has 0 amide bonds. The van der Waals surface area contributed by atoms with Crippen LogP contribution in [0.4, 0.5) is 5.82 Å². The Labute approximate surface area is 156 Å². The predicted molar refractivity (Wildman–Crippen MR) is 104 cm³/mol. The smallest absolute Gasteiger partial charge is 0.133 e. The lowest BCUT2D eigenvalue weighted by Crippen LogP contribution is -2.05. The van der Waals surface area contributed by atoms with E-state index in [1.807, 2.05) is 28.9 Å². The highest BCUT2D eigenvalue weighted by Crippen LogP contribution is 2.30. The summed E-state index contributed by atoms with van der Waals surface area (Å²) < 4.78 is 8.33. The number of hydrogen-bond donors (Lipinski definition) is 1. The Bertz CT molecular complexity index is 886. The summed E-state index contributed by atoms with van der Waals surface area (Å²) in [7, 11) is 1.69. The van der Waals surface area contributed by atoms with Gasteiger partial charge in [0, 0.05) is 16.6 Å². The molecule has 0 spiro atoms. The summed E-state index contributed by atoms with van der Waals surface area (Å²) >= 11 is 3.55. The first-order valence-corrected chi connectivity index (χ1v) is 9.27. The molecule has 1 N–H and O–H groups in total. The van der Waals surface area contributed by atoms with E-state index in [1.165, 1.54) is 16.8 Å². The normalized spacial score (nSPS) is 12.7. The minimum atomic E-state index is 0.896. The number of nitrogens with one attached hydrogen (secondary N) is 1. The number of nitrogens with zero attached hydrogens (tertiary/aromatic N) is 2. The summed E-state index contributed by atoms with van der Waals surface area (Å²) in [6, 6.07) is 16.5. The Morgan fingerprint density at radius 2 is 2.00 bits per heavy atom. The van der Waals surface area contributed by atoms with E-state index in [0.29, 0.717) is 0 Å². The number of aryl methyl sites for hydroxylation is 2. The summed E-state index contributed by atoms with van der Waals surface area (Å²) in [6.07, 6.45) is 2.96. The largest absolute Gasteiger partial charge is 0.497 e. The molecule has 2 heterocycles. The monoisotopic (exact) mass is 397 g/mol. The van der Waals surface area contributed by atoms with Crippen molar-refractivity contribution in [3.05, 3.63) is 69.8 Å². The molecule has 1 aromatic heterocycles. The summed E-state index contributed by atoms with van der Waals surface area (Å²) in [4.78, 5) is 0. The Kier molecular flexibility index (Phi) is 4.49.